The first-order chi connectivity index (χ1) is 14.9. The van der Waals surface area contributed by atoms with Crippen molar-refractivity contribution in [2.75, 3.05) is 0 Å². The van der Waals surface area contributed by atoms with Gasteiger partial charge in [0, 0.05) is 32.3 Å². The minimum Gasteiger partial charge on any atom is -0.384 e. The number of nitrogens with one attached hydrogen (secondary N) is 1. The lowest BCUT2D eigenvalue weighted by molar-refractivity contribution is 0.0936. The van der Waals surface area contributed by atoms with Gasteiger partial charge in [-0.15, -0.1) is 12.4 Å². The number of aromatic nitrogens is 4. The average molecular weight is 449 g/mol. The maximum atomic E-state index is 13.2. The molecule has 4 aromatic rings. The van der Waals surface area contributed by atoms with E-state index in [1.807, 2.05) is 31.3 Å². The summed E-state index contributed by atoms with van der Waals surface area (Å²) < 4.78 is 3.75. The van der Waals surface area contributed by atoms with E-state index >= 15 is 0 Å². The summed E-state index contributed by atoms with van der Waals surface area (Å²) in [4.78, 5) is 18.1. The summed E-state index contributed by atoms with van der Waals surface area (Å²) in [7, 11) is 3.82. The molecule has 1 aliphatic rings. The number of rotatable bonds is 6. The number of fused-ring (bicyclic) bond motifs is 1. The van der Waals surface area contributed by atoms with Crippen LogP contribution in [-0.2, 0) is 25.9 Å². The Balaban J connectivity index is 0.00000245. The first kappa shape index (κ1) is 21.8. The zero-order valence-corrected chi connectivity index (χ0v) is 18.8. The van der Waals surface area contributed by atoms with Crippen LogP contribution in [0.25, 0.3) is 11.0 Å². The number of nitrogen functional groups attached to an aromatic ring is 1. The lowest BCUT2D eigenvalue weighted by Gasteiger charge is -2.14. The number of aryl methyl sites for hydroxylation is 2. The second-order valence-corrected chi connectivity index (χ2v) is 8.33. The molecular weight excluding hydrogens is 424 g/mol. The highest BCUT2D eigenvalue weighted by molar-refractivity contribution is 6.05. The van der Waals surface area contributed by atoms with Crippen LogP contribution in [0, 0.1) is 5.41 Å². The molecule has 0 spiro atoms. The molecule has 7 nitrogen and oxygen atoms in total. The molecule has 1 saturated carbocycles. The standard InChI is InChI=1S/C24H24N6O.ClH/c1-29-19-8-7-17(24(10-11-24)22(31)20-9-12-27-30(20)2)14-18(19)28-21(29)13-15-3-5-16(6-4-15)23(25)26;/h3-9,12,14H,10-11,13H2,1-2H3,(H3,25,26);1H. The molecule has 1 aliphatic carbocycles. The summed E-state index contributed by atoms with van der Waals surface area (Å²) in [5.74, 6) is 1.15. The van der Waals surface area contributed by atoms with Crippen LogP contribution < -0.4 is 5.73 Å². The number of hydrogen-bond donors (Lipinski definition) is 2. The van der Waals surface area contributed by atoms with Crippen LogP contribution in [0.4, 0.5) is 0 Å². The summed E-state index contributed by atoms with van der Waals surface area (Å²) in [5, 5.41) is 11.7. The van der Waals surface area contributed by atoms with Gasteiger partial charge in [0.1, 0.15) is 17.4 Å². The number of benzene rings is 2. The Morgan fingerprint density at radius 3 is 2.44 bits per heavy atom. The zero-order valence-electron chi connectivity index (χ0n) is 18.0. The van der Waals surface area contributed by atoms with E-state index in [4.69, 9.17) is 16.1 Å². The summed E-state index contributed by atoms with van der Waals surface area (Å²) in [6.45, 7) is 0. The minimum absolute atomic E-state index is 0. The third kappa shape index (κ3) is 3.48. The first-order valence-electron chi connectivity index (χ1n) is 10.3. The van der Waals surface area contributed by atoms with Gasteiger partial charge in [-0.25, -0.2) is 4.98 Å². The van der Waals surface area contributed by atoms with Gasteiger partial charge in [0.25, 0.3) is 0 Å². The lowest BCUT2D eigenvalue weighted by Crippen LogP contribution is -2.23. The Kier molecular flexibility index (Phi) is 5.38. The van der Waals surface area contributed by atoms with Crippen LogP contribution in [0.3, 0.4) is 0 Å². The number of halogens is 1. The summed E-state index contributed by atoms with van der Waals surface area (Å²) in [6, 6.07) is 15.7. The van der Waals surface area contributed by atoms with Crippen molar-refractivity contribution in [3.63, 3.8) is 0 Å². The summed E-state index contributed by atoms with van der Waals surface area (Å²) in [5.41, 5.74) is 10.5. The van der Waals surface area contributed by atoms with Gasteiger partial charge in [0.15, 0.2) is 5.78 Å². The highest BCUT2D eigenvalue weighted by Crippen LogP contribution is 2.50. The van der Waals surface area contributed by atoms with Crippen molar-refractivity contribution in [2.24, 2.45) is 19.8 Å². The van der Waals surface area contributed by atoms with Gasteiger partial charge in [-0.1, -0.05) is 30.3 Å². The third-order valence-corrected chi connectivity index (χ3v) is 6.39. The Morgan fingerprint density at radius 2 is 1.84 bits per heavy atom. The van der Waals surface area contributed by atoms with Crippen molar-refractivity contribution in [3.05, 3.63) is 82.9 Å². The van der Waals surface area contributed by atoms with E-state index < -0.39 is 5.41 Å². The Bertz CT molecular complexity index is 1330. The van der Waals surface area contributed by atoms with Crippen molar-refractivity contribution in [3.8, 4) is 0 Å². The van der Waals surface area contributed by atoms with E-state index in [1.54, 1.807) is 24.0 Å². The largest absolute Gasteiger partial charge is 0.384 e. The maximum absolute atomic E-state index is 13.2. The smallest absolute Gasteiger partial charge is 0.191 e. The van der Waals surface area contributed by atoms with Crippen molar-refractivity contribution in [1.29, 1.82) is 5.41 Å². The van der Waals surface area contributed by atoms with Crippen LogP contribution in [0.1, 0.15) is 45.8 Å². The number of carbonyl (C=O) groups is 1. The summed E-state index contributed by atoms with van der Waals surface area (Å²) in [6.07, 6.45) is 4.05. The highest BCUT2D eigenvalue weighted by Gasteiger charge is 2.52. The molecule has 2 heterocycles. The van der Waals surface area contributed by atoms with Gasteiger partial charge < -0.3 is 10.3 Å². The number of nitrogens with zero attached hydrogens (tertiary/aromatic N) is 4. The Labute approximate surface area is 192 Å². The molecule has 0 atom stereocenters. The number of imidazole rings is 1. The van der Waals surface area contributed by atoms with E-state index in [0.717, 1.165) is 40.8 Å². The molecule has 32 heavy (non-hydrogen) atoms. The first-order valence-corrected chi connectivity index (χ1v) is 10.3. The fourth-order valence-electron chi connectivity index (χ4n) is 4.30. The number of amidine groups is 1. The fourth-order valence-corrected chi connectivity index (χ4v) is 4.30. The van der Waals surface area contributed by atoms with Crippen LogP contribution in [0.5, 0.6) is 0 Å². The molecule has 0 radical (unpaired) electrons. The predicted octanol–water partition coefficient (Wildman–Crippen LogP) is 3.52. The number of Topliss-reactive ketones (excluding diaryl/α,β-unsaturated/α-hetero) is 1. The molecule has 0 saturated heterocycles. The molecule has 3 N–H and O–H groups in total. The lowest BCUT2D eigenvalue weighted by atomic mass is 9.89. The molecular formula is C24H25ClN6O. The zero-order chi connectivity index (χ0) is 21.8. The molecule has 2 aromatic heterocycles. The normalized spacial score (nSPS) is 14.2. The molecule has 0 amide bonds. The van der Waals surface area contributed by atoms with Crippen molar-refractivity contribution in [1.82, 2.24) is 19.3 Å². The van der Waals surface area contributed by atoms with Gasteiger partial charge >= 0.3 is 0 Å². The topological polar surface area (TPSA) is 103 Å². The molecule has 2 aromatic carbocycles. The van der Waals surface area contributed by atoms with Gasteiger partial charge in [-0.2, -0.15) is 5.10 Å². The highest BCUT2D eigenvalue weighted by atomic mass is 35.5. The molecule has 0 aliphatic heterocycles. The predicted molar refractivity (Wildman–Crippen MR) is 127 cm³/mol. The van der Waals surface area contributed by atoms with E-state index in [0.29, 0.717) is 17.7 Å². The van der Waals surface area contributed by atoms with E-state index in [1.165, 1.54) is 0 Å². The number of nitrogens with two attached hydrogens (primary N) is 1. The van der Waals surface area contributed by atoms with Gasteiger partial charge in [0.2, 0.25) is 0 Å². The van der Waals surface area contributed by atoms with Crippen molar-refractivity contribution < 1.29 is 4.79 Å². The van der Waals surface area contributed by atoms with Crippen molar-refractivity contribution in [2.45, 2.75) is 24.7 Å². The number of carbonyl (C=O) groups excluding carboxylic acids is 1. The molecule has 8 heteroatoms. The third-order valence-electron chi connectivity index (χ3n) is 6.39. The number of hydrogen-bond acceptors (Lipinski definition) is 4. The van der Waals surface area contributed by atoms with E-state index in [9.17, 15) is 4.79 Å². The van der Waals surface area contributed by atoms with Crippen LogP contribution in [0.2, 0.25) is 0 Å². The molecule has 0 bridgehead atoms. The Hall–Kier alpha value is -3.45. The van der Waals surface area contributed by atoms with Crippen LogP contribution >= 0.6 is 12.4 Å². The average Bonchev–Trinajstić information content (AvgIpc) is 3.38. The fraction of sp³-hybridized carbons (Fsp3) is 0.250. The monoisotopic (exact) mass is 448 g/mol. The van der Waals surface area contributed by atoms with Gasteiger partial charge in [-0.05, 0) is 42.2 Å². The van der Waals surface area contributed by atoms with E-state index in [-0.39, 0.29) is 24.0 Å². The summed E-state index contributed by atoms with van der Waals surface area (Å²) >= 11 is 0. The quantitative estimate of drug-likeness (QED) is 0.267. The van der Waals surface area contributed by atoms with Gasteiger partial charge in [0.05, 0.1) is 16.4 Å². The molecule has 5 rings (SSSR count). The molecule has 0 unspecified atom stereocenters. The number of ketones is 1. The van der Waals surface area contributed by atoms with Crippen molar-refractivity contribution >= 4 is 35.1 Å². The Morgan fingerprint density at radius 1 is 1.12 bits per heavy atom. The van der Waals surface area contributed by atoms with Crippen LogP contribution in [0.15, 0.2) is 54.7 Å². The maximum Gasteiger partial charge on any atom is 0.191 e. The van der Waals surface area contributed by atoms with Gasteiger partial charge in [-0.3, -0.25) is 14.9 Å². The second kappa shape index (κ2) is 7.91. The molecule has 164 valence electrons. The van der Waals surface area contributed by atoms with E-state index in [2.05, 4.69) is 27.9 Å². The minimum atomic E-state index is -0.456. The molecule has 1 fully saturated rings. The second-order valence-electron chi connectivity index (χ2n) is 8.33. The van der Waals surface area contributed by atoms with Crippen LogP contribution in [-0.4, -0.2) is 31.0 Å². The SMILES string of the molecule is Cl.Cn1nccc1C(=O)C1(c2ccc3c(c2)nc(Cc2ccc(C(=N)N)cc2)n3C)CC1.